The van der Waals surface area contributed by atoms with Crippen LogP contribution in [0.3, 0.4) is 0 Å². The van der Waals surface area contributed by atoms with Crippen molar-refractivity contribution in [3.05, 3.63) is 47.9 Å². The van der Waals surface area contributed by atoms with Gasteiger partial charge in [-0.1, -0.05) is 0 Å². The summed E-state index contributed by atoms with van der Waals surface area (Å²) in [7, 11) is -0.969. The minimum Gasteiger partial charge on any atom is -0.496 e. The fourth-order valence-electron chi connectivity index (χ4n) is 2.05. The van der Waals surface area contributed by atoms with E-state index >= 15 is 0 Å². The zero-order valence-corrected chi connectivity index (χ0v) is 14.9. The molecule has 0 radical (unpaired) electrons. The zero-order chi connectivity index (χ0) is 18.4. The van der Waals surface area contributed by atoms with Crippen molar-refractivity contribution >= 4 is 22.1 Å². The number of likely N-dealkylation sites (N-methyl/N-ethyl adjacent to an activating group) is 1. The number of nitrogens with zero attached hydrogens (tertiary/aromatic N) is 2. The van der Waals surface area contributed by atoms with Crippen molar-refractivity contribution in [3.8, 4) is 5.75 Å². The van der Waals surface area contributed by atoms with Gasteiger partial charge in [-0.3, -0.25) is 4.79 Å². The summed E-state index contributed by atoms with van der Waals surface area (Å²) in [5, 5.41) is 3.70. The third kappa shape index (κ3) is 4.68. The Balaban J connectivity index is 2.01. The summed E-state index contributed by atoms with van der Waals surface area (Å²) in [5.41, 5.74) is 2.93. The average molecular weight is 365 g/mol. The van der Waals surface area contributed by atoms with Gasteiger partial charge in [-0.15, -0.1) is 0 Å². The first-order chi connectivity index (χ1) is 11.8. The second kappa shape index (κ2) is 7.95. The maximum atomic E-state index is 12.5. The summed E-state index contributed by atoms with van der Waals surface area (Å²) in [6.07, 6.45) is 2.79. The molecule has 0 aliphatic rings. The number of nitrogens with one attached hydrogen (secondary N) is 1. The van der Waals surface area contributed by atoms with Gasteiger partial charge in [0.25, 0.3) is 5.91 Å². The van der Waals surface area contributed by atoms with E-state index in [1.807, 2.05) is 0 Å². The van der Waals surface area contributed by atoms with Gasteiger partial charge >= 0.3 is 0 Å². The molecule has 2 rings (SSSR count). The van der Waals surface area contributed by atoms with Crippen LogP contribution in [0.5, 0.6) is 5.75 Å². The van der Waals surface area contributed by atoms with E-state index < -0.39 is 15.9 Å². The van der Waals surface area contributed by atoms with Gasteiger partial charge in [0.1, 0.15) is 11.5 Å². The molecule has 1 amide bonds. The molecule has 1 aromatic heterocycles. The number of furan rings is 1. The van der Waals surface area contributed by atoms with Crippen LogP contribution in [0.1, 0.15) is 11.3 Å². The molecule has 2 aromatic rings. The molecular weight excluding hydrogens is 346 g/mol. The van der Waals surface area contributed by atoms with Crippen LogP contribution >= 0.6 is 0 Å². The van der Waals surface area contributed by atoms with Crippen LogP contribution in [0.15, 0.2) is 51.0 Å². The number of aryl methyl sites for hydroxylation is 1. The Morgan fingerprint density at radius 2 is 2.16 bits per heavy atom. The van der Waals surface area contributed by atoms with Crippen molar-refractivity contribution in [1.29, 1.82) is 0 Å². The van der Waals surface area contributed by atoms with E-state index in [2.05, 4.69) is 10.5 Å². The number of sulfonamides is 1. The number of ether oxygens (including phenoxy) is 1. The van der Waals surface area contributed by atoms with E-state index in [0.29, 0.717) is 17.1 Å². The maximum absolute atomic E-state index is 12.5. The molecule has 1 N–H and O–H groups in total. The van der Waals surface area contributed by atoms with Gasteiger partial charge in [0.05, 0.1) is 31.0 Å². The molecule has 0 aliphatic carbocycles. The summed E-state index contributed by atoms with van der Waals surface area (Å²) >= 11 is 0. The van der Waals surface area contributed by atoms with Crippen molar-refractivity contribution in [1.82, 2.24) is 9.73 Å². The lowest BCUT2D eigenvalue weighted by molar-refractivity contribution is -0.121. The maximum Gasteiger partial charge on any atom is 0.255 e. The molecule has 0 spiro atoms. The van der Waals surface area contributed by atoms with Crippen LogP contribution in [0, 0.1) is 6.92 Å². The van der Waals surface area contributed by atoms with Gasteiger partial charge in [-0.05, 0) is 42.8 Å². The van der Waals surface area contributed by atoms with Gasteiger partial charge in [-0.2, -0.15) is 9.41 Å². The lowest BCUT2D eigenvalue weighted by atomic mass is 10.2. The van der Waals surface area contributed by atoms with E-state index in [1.54, 1.807) is 25.1 Å². The summed E-state index contributed by atoms with van der Waals surface area (Å²) < 4.78 is 36.2. The summed E-state index contributed by atoms with van der Waals surface area (Å²) in [4.78, 5) is 11.9. The van der Waals surface area contributed by atoms with Gasteiger partial charge < -0.3 is 9.15 Å². The van der Waals surface area contributed by atoms with Gasteiger partial charge in [-0.25, -0.2) is 13.8 Å². The number of hydrogen-bond acceptors (Lipinski definition) is 6. The van der Waals surface area contributed by atoms with Crippen molar-refractivity contribution in [2.45, 2.75) is 11.8 Å². The second-order valence-corrected chi connectivity index (χ2v) is 7.25. The Kier molecular flexibility index (Phi) is 5.94. The van der Waals surface area contributed by atoms with Gasteiger partial charge in [0.2, 0.25) is 10.0 Å². The van der Waals surface area contributed by atoms with Crippen LogP contribution in [0.25, 0.3) is 0 Å². The van der Waals surface area contributed by atoms with E-state index in [0.717, 1.165) is 4.31 Å². The largest absolute Gasteiger partial charge is 0.496 e. The molecule has 9 heteroatoms. The lowest BCUT2D eigenvalue weighted by Gasteiger charge is -2.17. The SMILES string of the molecule is COc1ccc(S(=O)(=O)N(C)CC(=O)N/N=C\c2ccco2)cc1C. The van der Waals surface area contributed by atoms with Crippen molar-refractivity contribution in [2.75, 3.05) is 20.7 Å². The minimum atomic E-state index is -3.80. The number of carbonyl (C=O) groups is 1. The Bertz CT molecular complexity index is 860. The average Bonchev–Trinajstić information content (AvgIpc) is 3.08. The number of rotatable bonds is 7. The molecule has 0 aliphatic heterocycles. The Hall–Kier alpha value is -2.65. The van der Waals surface area contributed by atoms with E-state index in [1.165, 1.54) is 38.8 Å². The standard InChI is InChI=1S/C16H19N3O5S/c1-12-9-14(6-7-15(12)23-3)25(21,22)19(2)11-16(20)18-17-10-13-5-4-8-24-13/h4-10H,11H2,1-3H3,(H,18,20)/b17-10-. The van der Waals surface area contributed by atoms with Crippen LogP contribution in [-0.4, -0.2) is 45.5 Å². The number of amides is 1. The fourth-order valence-corrected chi connectivity index (χ4v) is 3.26. The Morgan fingerprint density at radius 1 is 1.40 bits per heavy atom. The molecule has 1 heterocycles. The Morgan fingerprint density at radius 3 is 2.76 bits per heavy atom. The molecule has 134 valence electrons. The minimum absolute atomic E-state index is 0.0835. The van der Waals surface area contributed by atoms with Crippen molar-refractivity contribution < 1.29 is 22.4 Å². The molecule has 0 fully saturated rings. The van der Waals surface area contributed by atoms with Crippen molar-refractivity contribution in [3.63, 3.8) is 0 Å². The van der Waals surface area contributed by atoms with Gasteiger partial charge in [0.15, 0.2) is 0 Å². The molecule has 0 unspecified atom stereocenters. The first-order valence-corrected chi connectivity index (χ1v) is 8.75. The van der Waals surface area contributed by atoms with Crippen LogP contribution in [0.4, 0.5) is 0 Å². The normalized spacial score (nSPS) is 11.8. The van der Waals surface area contributed by atoms with E-state index in [9.17, 15) is 13.2 Å². The monoisotopic (exact) mass is 365 g/mol. The number of hydrogen-bond donors (Lipinski definition) is 1. The van der Waals surface area contributed by atoms with E-state index in [-0.39, 0.29) is 11.4 Å². The molecule has 0 bridgehead atoms. The molecule has 25 heavy (non-hydrogen) atoms. The molecule has 0 saturated heterocycles. The summed E-state index contributed by atoms with van der Waals surface area (Å²) in [6, 6.07) is 7.85. The highest BCUT2D eigenvalue weighted by molar-refractivity contribution is 7.89. The predicted octanol–water partition coefficient (Wildman–Crippen LogP) is 1.37. The zero-order valence-electron chi connectivity index (χ0n) is 14.1. The van der Waals surface area contributed by atoms with Crippen LogP contribution < -0.4 is 10.2 Å². The number of hydrazone groups is 1. The Labute approximate surface area is 146 Å². The summed E-state index contributed by atoms with van der Waals surface area (Å²) in [6.45, 7) is 1.37. The third-order valence-corrected chi connectivity index (χ3v) is 5.16. The van der Waals surface area contributed by atoms with E-state index in [4.69, 9.17) is 9.15 Å². The predicted molar refractivity (Wildman–Crippen MR) is 92.0 cm³/mol. The third-order valence-electron chi connectivity index (χ3n) is 3.36. The van der Waals surface area contributed by atoms with Crippen molar-refractivity contribution in [2.24, 2.45) is 5.10 Å². The molecule has 8 nitrogen and oxygen atoms in total. The quantitative estimate of drug-likeness (QED) is 0.590. The molecule has 0 saturated carbocycles. The van der Waals surface area contributed by atoms with Crippen LogP contribution in [0.2, 0.25) is 0 Å². The number of benzene rings is 1. The second-order valence-electron chi connectivity index (χ2n) is 5.20. The molecule has 1 aromatic carbocycles. The lowest BCUT2D eigenvalue weighted by Crippen LogP contribution is -2.36. The fraction of sp³-hybridized carbons (Fsp3) is 0.250. The topological polar surface area (TPSA) is 101 Å². The molecular formula is C16H19N3O5S. The van der Waals surface area contributed by atoms with Gasteiger partial charge in [0, 0.05) is 7.05 Å². The summed E-state index contributed by atoms with van der Waals surface area (Å²) in [5.74, 6) is 0.487. The molecule has 0 atom stereocenters. The number of carbonyl (C=O) groups excluding carboxylic acids is 1. The number of methoxy groups -OCH3 is 1. The smallest absolute Gasteiger partial charge is 0.255 e. The highest BCUT2D eigenvalue weighted by Crippen LogP contribution is 2.23. The first kappa shape index (κ1) is 18.7. The highest BCUT2D eigenvalue weighted by Gasteiger charge is 2.23. The highest BCUT2D eigenvalue weighted by atomic mass is 32.2. The van der Waals surface area contributed by atoms with Crippen LogP contribution in [-0.2, 0) is 14.8 Å². The first-order valence-electron chi connectivity index (χ1n) is 7.31.